The summed E-state index contributed by atoms with van der Waals surface area (Å²) >= 11 is 1.47. The van der Waals surface area contributed by atoms with Crippen LogP contribution in [0.4, 0.5) is 10.3 Å². The fraction of sp³-hybridized carbons (Fsp3) is 0.429. The van der Waals surface area contributed by atoms with Crippen molar-refractivity contribution in [2.45, 2.75) is 46.3 Å². The third kappa shape index (κ3) is 4.73. The van der Waals surface area contributed by atoms with Crippen LogP contribution in [0.2, 0.25) is 0 Å². The Kier molecular flexibility index (Phi) is 6.94. The highest BCUT2D eigenvalue weighted by Gasteiger charge is 2.28. The lowest BCUT2D eigenvalue weighted by Crippen LogP contribution is -2.30. The number of aliphatic hydroxyl groups is 1. The Labute approximate surface area is 179 Å². The molecule has 7 nitrogen and oxygen atoms in total. The lowest BCUT2D eigenvalue weighted by molar-refractivity contribution is 0.0761. The molecular weight excluding hydrogens is 405 g/mol. The summed E-state index contributed by atoms with van der Waals surface area (Å²) in [4.78, 5) is 28.5. The van der Waals surface area contributed by atoms with Gasteiger partial charge < -0.3 is 15.3 Å². The summed E-state index contributed by atoms with van der Waals surface area (Å²) in [6, 6.07) is 3.02. The molecule has 4 heterocycles. The van der Waals surface area contributed by atoms with Gasteiger partial charge in [-0.2, -0.15) is 0 Å². The fourth-order valence-corrected chi connectivity index (χ4v) is 4.21. The Balaban J connectivity index is 0.00000124. The quantitative estimate of drug-likeness (QED) is 0.650. The van der Waals surface area contributed by atoms with Crippen LogP contribution in [0.15, 0.2) is 24.5 Å². The number of aliphatic hydroxyl groups excluding tert-OH is 1. The fourth-order valence-electron chi connectivity index (χ4n) is 3.28. The molecule has 3 aromatic heterocycles. The van der Waals surface area contributed by atoms with E-state index < -0.39 is 11.9 Å². The van der Waals surface area contributed by atoms with E-state index in [0.29, 0.717) is 42.2 Å². The van der Waals surface area contributed by atoms with E-state index in [9.17, 15) is 14.3 Å². The molecule has 9 heteroatoms. The van der Waals surface area contributed by atoms with Crippen molar-refractivity contribution in [1.82, 2.24) is 19.9 Å². The molecule has 4 rings (SSSR count). The number of anilines is 1. The van der Waals surface area contributed by atoms with Crippen LogP contribution in [0.25, 0.3) is 10.2 Å². The van der Waals surface area contributed by atoms with Gasteiger partial charge >= 0.3 is 0 Å². The van der Waals surface area contributed by atoms with Gasteiger partial charge in [0.1, 0.15) is 5.82 Å². The van der Waals surface area contributed by atoms with Gasteiger partial charge in [0.15, 0.2) is 5.69 Å². The summed E-state index contributed by atoms with van der Waals surface area (Å²) in [6.07, 6.45) is 2.79. The van der Waals surface area contributed by atoms with Crippen LogP contribution in [-0.4, -0.2) is 50.1 Å². The number of nitrogens with one attached hydrogen (secondary N) is 1. The Morgan fingerprint density at radius 3 is 2.77 bits per heavy atom. The van der Waals surface area contributed by atoms with E-state index in [-0.39, 0.29) is 11.9 Å². The highest BCUT2D eigenvalue weighted by molar-refractivity contribution is 7.19. The molecular formula is C21H26FN5O2S. The molecule has 1 aliphatic rings. The summed E-state index contributed by atoms with van der Waals surface area (Å²) in [5, 5.41) is 12.9. The third-order valence-corrected chi connectivity index (χ3v) is 5.77. The van der Waals surface area contributed by atoms with Crippen molar-refractivity contribution in [2.75, 3.05) is 18.4 Å². The number of aryl methyl sites for hydroxylation is 1. The number of likely N-dealkylation sites (tertiary alicyclic amines) is 1. The molecule has 0 radical (unpaired) electrons. The van der Waals surface area contributed by atoms with Gasteiger partial charge in [0, 0.05) is 24.2 Å². The minimum atomic E-state index is -0.496. The van der Waals surface area contributed by atoms with E-state index in [2.05, 4.69) is 20.3 Å². The Bertz CT molecular complexity index is 1040. The van der Waals surface area contributed by atoms with Crippen LogP contribution in [0, 0.1) is 12.7 Å². The monoisotopic (exact) mass is 431 g/mol. The highest BCUT2D eigenvalue weighted by Crippen LogP contribution is 2.29. The average molecular weight is 432 g/mol. The number of β-amino-alcohol motifs (C(OH)–C–C–N with tert-alkyl or cyclic N) is 1. The Morgan fingerprint density at radius 1 is 1.33 bits per heavy atom. The first-order valence-corrected chi connectivity index (χ1v) is 10.8. The molecule has 160 valence electrons. The maximum Gasteiger partial charge on any atom is 0.274 e. The number of fused-ring (bicyclic) bond motifs is 1. The topological polar surface area (TPSA) is 91.2 Å². The second-order valence-corrected chi connectivity index (χ2v) is 8.22. The number of nitrogens with zero attached hydrogens (tertiary/aromatic N) is 4. The normalized spacial score (nSPS) is 16.9. The summed E-state index contributed by atoms with van der Waals surface area (Å²) in [7, 11) is 0. The number of carbonyl (C=O) groups excluding carboxylic acids is 1. The average Bonchev–Trinajstić information content (AvgIpc) is 3.33. The van der Waals surface area contributed by atoms with Crippen molar-refractivity contribution in [3.8, 4) is 0 Å². The number of pyridine rings is 1. The lowest BCUT2D eigenvalue weighted by Gasteiger charge is -2.17. The van der Waals surface area contributed by atoms with Gasteiger partial charge in [-0.15, -0.1) is 11.3 Å². The standard InChI is InChI=1S/C19H20FN5O2S.C2H6/c1-10-5-15-17(28-10)16(18(27)25-4-3-14(26)9-25)24-19(23-15)22-11(2)12-6-13(20)8-21-7-12;1-2/h5-8,11,14,26H,3-4,9H2,1-2H3,(H,22,23,24);1-2H3/t11-,14+;/m0./s1. The van der Waals surface area contributed by atoms with Crippen molar-refractivity contribution in [3.05, 3.63) is 46.5 Å². The minimum Gasteiger partial charge on any atom is -0.391 e. The molecule has 0 bridgehead atoms. The molecule has 0 saturated carbocycles. The SMILES string of the molecule is CC.Cc1cc2nc(N[C@@H](C)c3cncc(F)c3)nc(C(=O)N3CC[C@@H](O)C3)c2s1. The number of carbonyl (C=O) groups is 1. The molecule has 0 unspecified atom stereocenters. The molecule has 1 aliphatic heterocycles. The summed E-state index contributed by atoms with van der Waals surface area (Å²) in [5.74, 6) is -0.335. The third-order valence-electron chi connectivity index (χ3n) is 4.72. The van der Waals surface area contributed by atoms with E-state index in [1.807, 2.05) is 33.8 Å². The number of thiophene rings is 1. The van der Waals surface area contributed by atoms with Crippen LogP contribution in [0.5, 0.6) is 0 Å². The maximum absolute atomic E-state index is 13.5. The predicted octanol–water partition coefficient (Wildman–Crippen LogP) is 3.94. The number of rotatable bonds is 4. The molecule has 30 heavy (non-hydrogen) atoms. The second-order valence-electron chi connectivity index (χ2n) is 6.96. The maximum atomic E-state index is 13.5. The molecule has 2 atom stereocenters. The first-order valence-electron chi connectivity index (χ1n) is 10.0. The van der Waals surface area contributed by atoms with E-state index in [1.54, 1.807) is 11.1 Å². The first kappa shape index (κ1) is 22.0. The van der Waals surface area contributed by atoms with Gasteiger partial charge in [-0.25, -0.2) is 14.4 Å². The molecule has 1 saturated heterocycles. The van der Waals surface area contributed by atoms with Crippen LogP contribution < -0.4 is 5.32 Å². The highest BCUT2D eigenvalue weighted by atomic mass is 32.1. The summed E-state index contributed by atoms with van der Waals surface area (Å²) in [5.41, 5.74) is 1.66. The zero-order chi connectivity index (χ0) is 21.8. The van der Waals surface area contributed by atoms with E-state index in [0.717, 1.165) is 15.8 Å². The van der Waals surface area contributed by atoms with Gasteiger partial charge in [0.2, 0.25) is 5.95 Å². The number of hydrogen-bond acceptors (Lipinski definition) is 7. The predicted molar refractivity (Wildman–Crippen MR) is 116 cm³/mol. The molecule has 3 aromatic rings. The van der Waals surface area contributed by atoms with Crippen molar-refractivity contribution in [1.29, 1.82) is 0 Å². The van der Waals surface area contributed by atoms with Gasteiger partial charge in [0.05, 0.1) is 28.6 Å². The number of hydrogen-bond donors (Lipinski definition) is 2. The van der Waals surface area contributed by atoms with Gasteiger partial charge in [-0.3, -0.25) is 9.78 Å². The van der Waals surface area contributed by atoms with E-state index >= 15 is 0 Å². The van der Waals surface area contributed by atoms with Crippen molar-refractivity contribution in [2.24, 2.45) is 0 Å². The number of aromatic nitrogens is 3. The number of amides is 1. The van der Waals surface area contributed by atoms with Crippen LogP contribution in [0.3, 0.4) is 0 Å². The molecule has 0 aromatic carbocycles. The lowest BCUT2D eigenvalue weighted by atomic mass is 10.1. The van der Waals surface area contributed by atoms with Crippen molar-refractivity contribution < 1.29 is 14.3 Å². The summed E-state index contributed by atoms with van der Waals surface area (Å²) < 4.78 is 14.2. The molecule has 1 fully saturated rings. The molecule has 2 N–H and O–H groups in total. The Hall–Kier alpha value is -2.65. The van der Waals surface area contributed by atoms with Crippen LogP contribution >= 0.6 is 11.3 Å². The second kappa shape index (κ2) is 9.44. The van der Waals surface area contributed by atoms with Gasteiger partial charge in [-0.05, 0) is 38.0 Å². The zero-order valence-electron chi connectivity index (χ0n) is 17.5. The van der Waals surface area contributed by atoms with Gasteiger partial charge in [-0.1, -0.05) is 13.8 Å². The summed E-state index contributed by atoms with van der Waals surface area (Å²) in [6.45, 7) is 8.61. The first-order chi connectivity index (χ1) is 14.4. The zero-order valence-corrected chi connectivity index (χ0v) is 18.3. The van der Waals surface area contributed by atoms with Crippen LogP contribution in [-0.2, 0) is 0 Å². The Morgan fingerprint density at radius 2 is 2.10 bits per heavy atom. The largest absolute Gasteiger partial charge is 0.391 e. The molecule has 0 spiro atoms. The minimum absolute atomic E-state index is 0.214. The molecule has 0 aliphatic carbocycles. The van der Waals surface area contributed by atoms with E-state index in [1.165, 1.54) is 17.4 Å². The molecule has 1 amide bonds. The van der Waals surface area contributed by atoms with E-state index in [4.69, 9.17) is 0 Å². The van der Waals surface area contributed by atoms with Crippen molar-refractivity contribution >= 4 is 33.4 Å². The van der Waals surface area contributed by atoms with Crippen LogP contribution in [0.1, 0.15) is 54.2 Å². The smallest absolute Gasteiger partial charge is 0.274 e. The number of halogens is 1. The van der Waals surface area contributed by atoms with Crippen molar-refractivity contribution in [3.63, 3.8) is 0 Å². The van der Waals surface area contributed by atoms with Gasteiger partial charge in [0.25, 0.3) is 5.91 Å².